The van der Waals surface area contributed by atoms with E-state index >= 15 is 0 Å². The fourth-order valence-corrected chi connectivity index (χ4v) is 3.72. The number of hydrogen-bond acceptors (Lipinski definition) is 7. The Morgan fingerprint density at radius 1 is 1.11 bits per heavy atom. The fraction of sp³-hybridized carbons (Fsp3) is 0.263. The maximum atomic E-state index is 12.4. The van der Waals surface area contributed by atoms with Crippen LogP contribution in [0.15, 0.2) is 41.4 Å². The number of nitro groups is 1. The van der Waals surface area contributed by atoms with Gasteiger partial charge in [0.25, 0.3) is 5.69 Å². The number of ether oxygens (including phenoxy) is 3. The fourth-order valence-electron chi connectivity index (χ4n) is 3.72. The molecule has 2 atom stereocenters. The first-order valence-electron chi connectivity index (χ1n) is 8.28. The Morgan fingerprint density at radius 2 is 1.81 bits per heavy atom. The molecular weight excluding hydrogens is 352 g/mol. The molecule has 0 radical (unpaired) electrons. The maximum absolute atomic E-state index is 12.4. The Hall–Kier alpha value is -3.42. The lowest BCUT2D eigenvalue weighted by atomic mass is 9.76. The van der Waals surface area contributed by atoms with Crippen LogP contribution >= 0.6 is 0 Å². The largest absolute Gasteiger partial charge is 0.493 e. The number of para-hydroxylation sites is 1. The van der Waals surface area contributed by atoms with Crippen LogP contribution in [0.3, 0.4) is 0 Å². The van der Waals surface area contributed by atoms with Crippen LogP contribution in [0, 0.1) is 16.0 Å². The number of nitro benzene ring substituents is 1. The molecule has 2 aliphatic heterocycles. The predicted molar refractivity (Wildman–Crippen MR) is 96.0 cm³/mol. The van der Waals surface area contributed by atoms with E-state index in [9.17, 15) is 14.9 Å². The number of aliphatic imine (C=N–C) groups is 1. The molecule has 1 saturated heterocycles. The molecule has 1 fully saturated rings. The number of hydrogen-bond donors (Lipinski definition) is 0. The molecule has 0 spiro atoms. The van der Waals surface area contributed by atoms with Crippen LogP contribution in [0.2, 0.25) is 0 Å². The number of fused-ring (bicyclic) bond motifs is 2. The molecule has 4 rings (SSSR count). The lowest BCUT2D eigenvalue weighted by Crippen LogP contribution is -2.28. The van der Waals surface area contributed by atoms with E-state index in [4.69, 9.17) is 14.2 Å². The van der Waals surface area contributed by atoms with Gasteiger partial charge in [0.05, 0.1) is 30.5 Å². The first-order chi connectivity index (χ1) is 13.0. The Bertz CT molecular complexity index is 984. The molecule has 27 heavy (non-hydrogen) atoms. The number of carbonyl (C=O) groups is 1. The van der Waals surface area contributed by atoms with Gasteiger partial charge in [-0.3, -0.25) is 19.9 Å². The topological polar surface area (TPSA) is 100 Å². The van der Waals surface area contributed by atoms with Crippen LogP contribution in [0.5, 0.6) is 11.5 Å². The third-order valence-corrected chi connectivity index (χ3v) is 4.91. The second-order valence-corrected chi connectivity index (χ2v) is 6.25. The van der Waals surface area contributed by atoms with Gasteiger partial charge >= 0.3 is 5.97 Å². The lowest BCUT2D eigenvalue weighted by Gasteiger charge is -2.28. The van der Waals surface area contributed by atoms with Crippen LogP contribution < -0.4 is 9.47 Å². The Balaban J connectivity index is 1.99. The van der Waals surface area contributed by atoms with Gasteiger partial charge in [0.1, 0.15) is 12.5 Å². The summed E-state index contributed by atoms with van der Waals surface area (Å²) in [5, 5.41) is 11.6. The number of esters is 1. The Morgan fingerprint density at radius 3 is 2.52 bits per heavy atom. The molecule has 8 heteroatoms. The monoisotopic (exact) mass is 368 g/mol. The molecule has 2 aliphatic rings. The average molecular weight is 368 g/mol. The zero-order valence-corrected chi connectivity index (χ0v) is 14.7. The van der Waals surface area contributed by atoms with Gasteiger partial charge in [0, 0.05) is 23.6 Å². The normalized spacial score (nSPS) is 20.2. The second kappa shape index (κ2) is 6.39. The van der Waals surface area contributed by atoms with Crippen LogP contribution in [0.4, 0.5) is 11.4 Å². The number of rotatable bonds is 4. The van der Waals surface area contributed by atoms with Crippen molar-refractivity contribution in [3.63, 3.8) is 0 Å². The summed E-state index contributed by atoms with van der Waals surface area (Å²) in [5.41, 5.74) is 2.19. The van der Waals surface area contributed by atoms with Crippen molar-refractivity contribution in [2.45, 2.75) is 5.92 Å². The first kappa shape index (κ1) is 17.0. The third-order valence-electron chi connectivity index (χ3n) is 4.91. The van der Waals surface area contributed by atoms with Crippen molar-refractivity contribution >= 4 is 23.1 Å². The Labute approximate surface area is 154 Å². The van der Waals surface area contributed by atoms with Crippen LogP contribution in [-0.4, -0.2) is 37.4 Å². The van der Waals surface area contributed by atoms with E-state index in [0.717, 1.165) is 0 Å². The smallest absolute Gasteiger partial charge is 0.316 e. The molecule has 2 unspecified atom stereocenters. The van der Waals surface area contributed by atoms with Crippen LogP contribution in [-0.2, 0) is 9.53 Å². The lowest BCUT2D eigenvalue weighted by molar-refractivity contribution is -0.385. The van der Waals surface area contributed by atoms with Gasteiger partial charge in [-0.1, -0.05) is 18.2 Å². The van der Waals surface area contributed by atoms with Gasteiger partial charge in [-0.15, -0.1) is 0 Å². The van der Waals surface area contributed by atoms with Gasteiger partial charge in [0.15, 0.2) is 11.5 Å². The van der Waals surface area contributed by atoms with E-state index < -0.39 is 22.7 Å². The number of carbonyl (C=O) groups excluding carboxylic acids is 1. The SMILES string of the molecule is COc1cc2c(cc1OC)C(c1ccccc1[N+](=O)[O-])C1C(=O)OCC1=N2. The summed E-state index contributed by atoms with van der Waals surface area (Å²) in [6, 6.07) is 9.85. The molecule has 8 nitrogen and oxygen atoms in total. The van der Waals surface area contributed by atoms with Gasteiger partial charge in [-0.2, -0.15) is 0 Å². The summed E-state index contributed by atoms with van der Waals surface area (Å²) in [4.78, 5) is 28.1. The number of nitrogens with zero attached hydrogens (tertiary/aromatic N) is 2. The number of methoxy groups -OCH3 is 2. The zero-order chi connectivity index (χ0) is 19.1. The van der Waals surface area contributed by atoms with Crippen LogP contribution in [0.25, 0.3) is 0 Å². The summed E-state index contributed by atoms with van der Waals surface area (Å²) >= 11 is 0. The standard InChI is InChI=1S/C19H16N2O6/c1-25-15-7-11-12(8-16(15)26-2)20-13-9-27-19(22)18(13)17(11)10-5-3-4-6-14(10)21(23)24/h3-8,17-18H,9H2,1-2H3. The van der Waals surface area contributed by atoms with E-state index in [1.54, 1.807) is 30.3 Å². The van der Waals surface area contributed by atoms with Gasteiger partial charge in [-0.25, -0.2) is 0 Å². The molecule has 2 aromatic rings. The van der Waals surface area contributed by atoms with Crippen molar-refractivity contribution < 1.29 is 23.9 Å². The second-order valence-electron chi connectivity index (χ2n) is 6.25. The first-order valence-corrected chi connectivity index (χ1v) is 8.28. The molecule has 0 saturated carbocycles. The average Bonchev–Trinajstić information content (AvgIpc) is 3.05. The van der Waals surface area contributed by atoms with Crippen molar-refractivity contribution in [2.75, 3.05) is 20.8 Å². The summed E-state index contributed by atoms with van der Waals surface area (Å²) < 4.78 is 15.9. The molecule has 0 aromatic heterocycles. The van der Waals surface area contributed by atoms with Crippen molar-refractivity contribution in [3.05, 3.63) is 57.6 Å². The number of cyclic esters (lactones) is 1. The highest BCUT2D eigenvalue weighted by molar-refractivity contribution is 6.11. The van der Waals surface area contributed by atoms with E-state index in [2.05, 4.69) is 4.99 Å². The predicted octanol–water partition coefficient (Wildman–Crippen LogP) is 3.00. The molecule has 2 heterocycles. The van der Waals surface area contributed by atoms with E-state index in [1.165, 1.54) is 20.3 Å². The van der Waals surface area contributed by atoms with Gasteiger partial charge < -0.3 is 14.2 Å². The minimum atomic E-state index is -0.697. The summed E-state index contributed by atoms with van der Waals surface area (Å²) in [5.74, 6) is -0.770. The third kappa shape index (κ3) is 2.61. The molecule has 2 aromatic carbocycles. The van der Waals surface area contributed by atoms with Crippen LogP contribution in [0.1, 0.15) is 17.0 Å². The van der Waals surface area contributed by atoms with Crippen molar-refractivity contribution in [3.8, 4) is 11.5 Å². The summed E-state index contributed by atoms with van der Waals surface area (Å²) in [7, 11) is 3.02. The highest BCUT2D eigenvalue weighted by Gasteiger charge is 2.46. The van der Waals surface area contributed by atoms with E-state index in [-0.39, 0.29) is 12.3 Å². The van der Waals surface area contributed by atoms with Gasteiger partial charge in [-0.05, 0) is 11.6 Å². The molecular formula is C19H16N2O6. The van der Waals surface area contributed by atoms with Crippen molar-refractivity contribution in [1.29, 1.82) is 0 Å². The highest BCUT2D eigenvalue weighted by atomic mass is 16.6. The molecule has 138 valence electrons. The van der Waals surface area contributed by atoms with Crippen molar-refractivity contribution in [2.24, 2.45) is 10.9 Å². The quantitative estimate of drug-likeness (QED) is 0.467. The maximum Gasteiger partial charge on any atom is 0.316 e. The van der Waals surface area contributed by atoms with E-state index in [0.29, 0.717) is 34.0 Å². The molecule has 0 aliphatic carbocycles. The van der Waals surface area contributed by atoms with E-state index in [1.807, 2.05) is 0 Å². The number of benzene rings is 2. The molecule has 0 N–H and O–H groups in total. The highest BCUT2D eigenvalue weighted by Crippen LogP contribution is 2.49. The van der Waals surface area contributed by atoms with Gasteiger partial charge in [0.2, 0.25) is 0 Å². The zero-order valence-electron chi connectivity index (χ0n) is 14.7. The van der Waals surface area contributed by atoms with Crippen molar-refractivity contribution in [1.82, 2.24) is 0 Å². The summed E-state index contributed by atoms with van der Waals surface area (Å²) in [6.07, 6.45) is 0. The Kier molecular flexibility index (Phi) is 4.02. The summed E-state index contributed by atoms with van der Waals surface area (Å²) in [6.45, 7) is 0.0778. The molecule has 0 amide bonds. The molecule has 0 bridgehead atoms. The minimum Gasteiger partial charge on any atom is -0.493 e. The minimum absolute atomic E-state index is 0.0517.